The van der Waals surface area contributed by atoms with E-state index in [4.69, 9.17) is 4.42 Å². The minimum absolute atomic E-state index is 0.251. The molecule has 1 aromatic heterocycles. The molecule has 0 saturated carbocycles. The minimum atomic E-state index is 0.251. The molecule has 21 heavy (non-hydrogen) atoms. The van der Waals surface area contributed by atoms with E-state index in [1.807, 2.05) is 12.1 Å². The monoisotopic (exact) mass is 288 g/mol. The van der Waals surface area contributed by atoms with Crippen molar-refractivity contribution in [2.24, 2.45) is 5.92 Å². The topological polar surface area (TPSA) is 28.4 Å². The standard InChI is InChI=1S/C18H28N2O/c1-5-19-16(13-20(6-2)12-14(3)4)18-11-15-9-7-8-10-17(15)21-18/h7-11,14,16,19H,5-6,12-13H2,1-4H3. The maximum atomic E-state index is 6.04. The summed E-state index contributed by atoms with van der Waals surface area (Å²) in [4.78, 5) is 2.49. The maximum absolute atomic E-state index is 6.04. The molecule has 0 fully saturated rings. The average Bonchev–Trinajstić information content (AvgIpc) is 2.89. The molecule has 0 aliphatic carbocycles. The van der Waals surface area contributed by atoms with E-state index in [9.17, 15) is 0 Å². The molecule has 1 atom stereocenters. The normalized spacial score (nSPS) is 13.4. The van der Waals surface area contributed by atoms with Gasteiger partial charge in [-0.3, -0.25) is 0 Å². The number of para-hydroxylation sites is 1. The summed E-state index contributed by atoms with van der Waals surface area (Å²) in [6, 6.07) is 10.6. The predicted molar refractivity (Wildman–Crippen MR) is 89.6 cm³/mol. The lowest BCUT2D eigenvalue weighted by Gasteiger charge is -2.27. The molecule has 1 heterocycles. The van der Waals surface area contributed by atoms with E-state index in [0.717, 1.165) is 37.5 Å². The molecule has 1 unspecified atom stereocenters. The van der Waals surface area contributed by atoms with Crippen LogP contribution in [0.25, 0.3) is 11.0 Å². The highest BCUT2D eigenvalue weighted by Crippen LogP contribution is 2.24. The first-order valence-electron chi connectivity index (χ1n) is 8.08. The number of hydrogen-bond donors (Lipinski definition) is 1. The number of furan rings is 1. The third-order valence-electron chi connectivity index (χ3n) is 3.75. The lowest BCUT2D eigenvalue weighted by Crippen LogP contribution is -2.37. The maximum Gasteiger partial charge on any atom is 0.134 e. The fraction of sp³-hybridized carbons (Fsp3) is 0.556. The SMILES string of the molecule is CCNC(CN(CC)CC(C)C)c1cc2ccccc2o1. The molecule has 3 heteroatoms. The summed E-state index contributed by atoms with van der Waals surface area (Å²) >= 11 is 0. The molecule has 116 valence electrons. The Bertz CT molecular complexity index is 514. The summed E-state index contributed by atoms with van der Waals surface area (Å²) in [5.74, 6) is 1.73. The van der Waals surface area contributed by atoms with Crippen molar-refractivity contribution in [2.75, 3.05) is 26.2 Å². The van der Waals surface area contributed by atoms with Crippen molar-refractivity contribution in [1.82, 2.24) is 10.2 Å². The van der Waals surface area contributed by atoms with Crippen LogP contribution < -0.4 is 5.32 Å². The van der Waals surface area contributed by atoms with Gasteiger partial charge >= 0.3 is 0 Å². The Labute approximate surface area is 128 Å². The van der Waals surface area contributed by atoms with E-state index >= 15 is 0 Å². The smallest absolute Gasteiger partial charge is 0.134 e. The van der Waals surface area contributed by atoms with Gasteiger partial charge in [0.1, 0.15) is 11.3 Å². The van der Waals surface area contributed by atoms with Gasteiger partial charge in [0.05, 0.1) is 6.04 Å². The number of rotatable bonds is 8. The van der Waals surface area contributed by atoms with Gasteiger partial charge in [-0.05, 0) is 31.1 Å². The van der Waals surface area contributed by atoms with Crippen LogP contribution in [0.3, 0.4) is 0 Å². The second kappa shape index (κ2) is 7.62. The molecule has 0 saturated heterocycles. The number of benzene rings is 1. The summed E-state index contributed by atoms with van der Waals surface area (Å²) in [6.45, 7) is 13.0. The van der Waals surface area contributed by atoms with Crippen molar-refractivity contribution in [1.29, 1.82) is 0 Å². The van der Waals surface area contributed by atoms with Gasteiger partial charge in [-0.1, -0.05) is 45.9 Å². The van der Waals surface area contributed by atoms with Gasteiger partial charge in [0.15, 0.2) is 0 Å². The van der Waals surface area contributed by atoms with Gasteiger partial charge in [0.25, 0.3) is 0 Å². The van der Waals surface area contributed by atoms with E-state index in [-0.39, 0.29) is 6.04 Å². The Morgan fingerprint density at radius 2 is 1.90 bits per heavy atom. The predicted octanol–water partition coefficient (Wildman–Crippen LogP) is 4.06. The molecule has 0 spiro atoms. The van der Waals surface area contributed by atoms with Gasteiger partial charge < -0.3 is 14.6 Å². The summed E-state index contributed by atoms with van der Waals surface area (Å²) in [6.07, 6.45) is 0. The number of hydrogen-bond acceptors (Lipinski definition) is 3. The first-order chi connectivity index (χ1) is 10.1. The van der Waals surface area contributed by atoms with Crippen LogP contribution in [0.15, 0.2) is 34.7 Å². The van der Waals surface area contributed by atoms with Crippen LogP contribution in [-0.2, 0) is 0 Å². The van der Waals surface area contributed by atoms with Crippen LogP contribution in [-0.4, -0.2) is 31.1 Å². The molecule has 0 radical (unpaired) electrons. The fourth-order valence-corrected chi connectivity index (χ4v) is 2.78. The molecule has 1 N–H and O–H groups in total. The molecule has 0 amide bonds. The highest BCUT2D eigenvalue weighted by atomic mass is 16.3. The first kappa shape index (κ1) is 16.1. The highest BCUT2D eigenvalue weighted by Gasteiger charge is 2.19. The zero-order valence-corrected chi connectivity index (χ0v) is 13.7. The molecule has 0 aliphatic rings. The van der Waals surface area contributed by atoms with Gasteiger partial charge in [0.2, 0.25) is 0 Å². The highest BCUT2D eigenvalue weighted by molar-refractivity contribution is 5.77. The van der Waals surface area contributed by atoms with Crippen LogP contribution in [0.2, 0.25) is 0 Å². The zero-order valence-electron chi connectivity index (χ0n) is 13.7. The molecule has 0 bridgehead atoms. The summed E-state index contributed by atoms with van der Waals surface area (Å²) in [7, 11) is 0. The Hall–Kier alpha value is -1.32. The third kappa shape index (κ3) is 4.32. The van der Waals surface area contributed by atoms with Gasteiger partial charge in [0, 0.05) is 18.5 Å². The number of nitrogens with one attached hydrogen (secondary N) is 1. The second-order valence-corrected chi connectivity index (χ2v) is 6.04. The zero-order chi connectivity index (χ0) is 15.2. The van der Waals surface area contributed by atoms with Crippen molar-refractivity contribution in [3.05, 3.63) is 36.1 Å². The first-order valence-corrected chi connectivity index (χ1v) is 8.08. The van der Waals surface area contributed by atoms with Crippen LogP contribution in [0.5, 0.6) is 0 Å². The van der Waals surface area contributed by atoms with Crippen LogP contribution in [0.4, 0.5) is 0 Å². The number of likely N-dealkylation sites (N-methyl/N-ethyl adjacent to an activating group) is 2. The lowest BCUT2D eigenvalue weighted by atomic mass is 10.1. The summed E-state index contributed by atoms with van der Waals surface area (Å²) in [5, 5.41) is 4.75. The van der Waals surface area contributed by atoms with E-state index in [1.54, 1.807) is 0 Å². The summed E-state index contributed by atoms with van der Waals surface area (Å²) in [5.41, 5.74) is 0.974. The number of fused-ring (bicyclic) bond motifs is 1. The molecule has 0 aliphatic heterocycles. The van der Waals surface area contributed by atoms with Crippen molar-refractivity contribution in [3.8, 4) is 0 Å². The number of nitrogens with zero attached hydrogens (tertiary/aromatic N) is 1. The van der Waals surface area contributed by atoms with Crippen LogP contribution >= 0.6 is 0 Å². The molecule has 3 nitrogen and oxygen atoms in total. The van der Waals surface area contributed by atoms with Crippen LogP contribution in [0.1, 0.15) is 39.5 Å². The van der Waals surface area contributed by atoms with Crippen molar-refractivity contribution < 1.29 is 4.42 Å². The minimum Gasteiger partial charge on any atom is -0.459 e. The lowest BCUT2D eigenvalue weighted by molar-refractivity contribution is 0.219. The quantitative estimate of drug-likeness (QED) is 0.794. The van der Waals surface area contributed by atoms with E-state index in [0.29, 0.717) is 5.92 Å². The Morgan fingerprint density at radius 3 is 2.52 bits per heavy atom. The van der Waals surface area contributed by atoms with Crippen LogP contribution in [0, 0.1) is 5.92 Å². The largest absolute Gasteiger partial charge is 0.459 e. The Kier molecular flexibility index (Phi) is 5.83. The molecule has 2 rings (SSSR count). The molecular formula is C18H28N2O. The van der Waals surface area contributed by atoms with Gasteiger partial charge in [-0.15, -0.1) is 0 Å². The van der Waals surface area contributed by atoms with E-state index < -0.39 is 0 Å². The van der Waals surface area contributed by atoms with Crippen molar-refractivity contribution >= 4 is 11.0 Å². The van der Waals surface area contributed by atoms with Crippen molar-refractivity contribution in [2.45, 2.75) is 33.7 Å². The van der Waals surface area contributed by atoms with Gasteiger partial charge in [-0.2, -0.15) is 0 Å². The summed E-state index contributed by atoms with van der Waals surface area (Å²) < 4.78 is 6.04. The molecule has 2 aromatic rings. The van der Waals surface area contributed by atoms with Gasteiger partial charge in [-0.25, -0.2) is 0 Å². The fourth-order valence-electron chi connectivity index (χ4n) is 2.78. The van der Waals surface area contributed by atoms with E-state index in [2.05, 4.69) is 56.1 Å². The Balaban J connectivity index is 2.17. The second-order valence-electron chi connectivity index (χ2n) is 6.04. The average molecular weight is 288 g/mol. The molecular weight excluding hydrogens is 260 g/mol. The van der Waals surface area contributed by atoms with Crippen molar-refractivity contribution in [3.63, 3.8) is 0 Å². The van der Waals surface area contributed by atoms with E-state index in [1.165, 1.54) is 5.39 Å². The molecule has 1 aromatic carbocycles. The Morgan fingerprint density at radius 1 is 1.14 bits per heavy atom. The third-order valence-corrected chi connectivity index (χ3v) is 3.75.